The topological polar surface area (TPSA) is 188 Å². The van der Waals surface area contributed by atoms with Crippen LogP contribution in [0.15, 0.2) is 41.4 Å². The van der Waals surface area contributed by atoms with Crippen LogP contribution < -0.4 is 16.4 Å². The fraction of sp³-hybridized carbons (Fsp3) is 0.379. The average Bonchev–Trinajstić information content (AvgIpc) is 3.36. The van der Waals surface area contributed by atoms with Gasteiger partial charge in [0.1, 0.15) is 12.0 Å². The van der Waals surface area contributed by atoms with Crippen molar-refractivity contribution in [1.82, 2.24) is 20.4 Å². The second-order valence-corrected chi connectivity index (χ2v) is 11.1. The molecule has 1 amide bonds. The van der Waals surface area contributed by atoms with Gasteiger partial charge in [0.15, 0.2) is 11.7 Å². The Hall–Kier alpha value is -4.31. The number of nitriles is 1. The number of nitrogen functional groups attached to an aromatic ring is 1. The minimum Gasteiger partial charge on any atom is -0.507 e. The van der Waals surface area contributed by atoms with E-state index in [0.29, 0.717) is 49.7 Å². The molecule has 3 unspecified atom stereocenters. The van der Waals surface area contributed by atoms with Gasteiger partial charge in [-0.05, 0) is 48.6 Å². The predicted molar refractivity (Wildman–Crippen MR) is 156 cm³/mol. The minimum atomic E-state index is -1.65. The third kappa shape index (κ3) is 5.72. The van der Waals surface area contributed by atoms with Crippen LogP contribution in [0.3, 0.4) is 0 Å². The molecule has 0 radical (unpaired) electrons. The van der Waals surface area contributed by atoms with E-state index in [2.05, 4.69) is 15.6 Å². The van der Waals surface area contributed by atoms with E-state index < -0.39 is 29.7 Å². The lowest BCUT2D eigenvalue weighted by atomic mass is 9.94. The highest BCUT2D eigenvalue weighted by Gasteiger charge is 2.63. The van der Waals surface area contributed by atoms with Crippen molar-refractivity contribution in [3.8, 4) is 11.9 Å². The molecule has 2 aliphatic heterocycles. The molecule has 1 aliphatic carbocycles. The van der Waals surface area contributed by atoms with Gasteiger partial charge in [0.05, 0.1) is 16.6 Å². The van der Waals surface area contributed by atoms with Crippen LogP contribution in [0, 0.1) is 11.5 Å². The first kappa shape index (κ1) is 29.2. The normalized spacial score (nSPS) is 22.8. The number of amides is 1. The SMILES string of the molecule is N#CNC(=NC1CC1(NC(=O)c1c(Cl)cc2c(c1N)CCN(C(O)/C=C/c1ccccc1O)C2)C(=O)O)N1CCCC1. The monoisotopic (exact) mass is 593 g/mol. The molecule has 2 aromatic rings. The fourth-order valence-electron chi connectivity index (χ4n) is 5.55. The van der Waals surface area contributed by atoms with Crippen molar-refractivity contribution in [3.05, 3.63) is 63.7 Å². The molecule has 3 atom stereocenters. The Morgan fingerprint density at radius 3 is 2.69 bits per heavy atom. The first-order chi connectivity index (χ1) is 20.1. The number of phenolic OH excluding ortho intramolecular Hbond substituents is 1. The number of likely N-dealkylation sites (tertiary alicyclic amines) is 1. The van der Waals surface area contributed by atoms with E-state index in [-0.39, 0.29) is 28.4 Å². The van der Waals surface area contributed by atoms with Crippen LogP contribution in [0.1, 0.15) is 46.3 Å². The van der Waals surface area contributed by atoms with E-state index in [0.717, 1.165) is 18.4 Å². The molecule has 1 saturated heterocycles. The Morgan fingerprint density at radius 2 is 2.00 bits per heavy atom. The number of aliphatic hydroxyl groups excluding tert-OH is 1. The van der Waals surface area contributed by atoms with Crippen LogP contribution in [0.2, 0.25) is 5.02 Å². The van der Waals surface area contributed by atoms with Gasteiger partial charge in [-0.15, -0.1) is 0 Å². The molecular weight excluding hydrogens is 562 g/mol. The number of aliphatic hydroxyl groups is 1. The summed E-state index contributed by atoms with van der Waals surface area (Å²) in [5, 5.41) is 45.1. The Labute approximate surface area is 247 Å². The van der Waals surface area contributed by atoms with Gasteiger partial charge < -0.3 is 31.3 Å². The lowest BCUT2D eigenvalue weighted by Crippen LogP contribution is -2.47. The van der Waals surface area contributed by atoms with E-state index in [1.165, 1.54) is 0 Å². The number of aliphatic carboxylic acids is 1. The summed E-state index contributed by atoms with van der Waals surface area (Å²) < 4.78 is 0. The zero-order chi connectivity index (χ0) is 30.0. The largest absolute Gasteiger partial charge is 0.507 e. The van der Waals surface area contributed by atoms with Crippen molar-refractivity contribution in [2.75, 3.05) is 25.4 Å². The van der Waals surface area contributed by atoms with Crippen LogP contribution in [0.5, 0.6) is 5.75 Å². The minimum absolute atomic E-state index is 0.00552. The lowest BCUT2D eigenvalue weighted by molar-refractivity contribution is -0.140. The molecule has 42 heavy (non-hydrogen) atoms. The highest BCUT2D eigenvalue weighted by molar-refractivity contribution is 6.35. The molecule has 0 bridgehead atoms. The Morgan fingerprint density at radius 1 is 1.26 bits per heavy atom. The van der Waals surface area contributed by atoms with Crippen molar-refractivity contribution >= 4 is 41.2 Å². The zero-order valence-electron chi connectivity index (χ0n) is 22.8. The molecular formula is C29H32ClN7O5. The number of rotatable bonds is 7. The number of carboxylic acid groups (broad SMARTS) is 1. The van der Waals surface area contributed by atoms with Gasteiger partial charge in [-0.25, -0.2) is 9.79 Å². The summed E-state index contributed by atoms with van der Waals surface area (Å²) in [5.74, 6) is -1.55. The number of hydrogen-bond acceptors (Lipinski definition) is 8. The number of fused-ring (bicyclic) bond motifs is 1. The van der Waals surface area contributed by atoms with Gasteiger partial charge in [0.25, 0.3) is 5.91 Å². The third-order valence-corrected chi connectivity index (χ3v) is 8.32. The number of aromatic hydroxyl groups is 1. The molecule has 12 nitrogen and oxygen atoms in total. The standard InChI is InChI=1S/C29H32ClN7O5/c30-20-13-18-15-37(23(39)8-7-17-5-1-2-6-21(17)38)12-9-19(18)25(32)24(20)26(40)35-29(27(41)42)14-22(29)34-28(33-16-31)36-10-3-4-11-36/h1-2,5-8,13,22-23,38-39H,3-4,9-12,14-15,32H2,(H,33,34)(H,35,40)(H,41,42)/b8-7+. The number of guanidine groups is 1. The summed E-state index contributed by atoms with van der Waals surface area (Å²) in [4.78, 5) is 33.9. The number of hydrogen-bond donors (Lipinski definition) is 6. The Balaban J connectivity index is 1.31. The van der Waals surface area contributed by atoms with Gasteiger partial charge in [0, 0.05) is 43.9 Å². The molecule has 2 heterocycles. The molecule has 0 spiro atoms. The summed E-state index contributed by atoms with van der Waals surface area (Å²) in [5.41, 5.74) is 6.98. The first-order valence-electron chi connectivity index (χ1n) is 13.7. The number of anilines is 1. The number of carbonyl (C=O) groups excluding carboxylic acids is 1. The van der Waals surface area contributed by atoms with Crippen molar-refractivity contribution in [3.63, 3.8) is 0 Å². The van der Waals surface area contributed by atoms with Crippen molar-refractivity contribution in [2.24, 2.45) is 4.99 Å². The van der Waals surface area contributed by atoms with E-state index in [1.807, 2.05) is 11.1 Å². The number of carbonyl (C=O) groups is 2. The number of benzene rings is 2. The van der Waals surface area contributed by atoms with Gasteiger partial charge >= 0.3 is 5.97 Å². The number of carboxylic acids is 1. The van der Waals surface area contributed by atoms with E-state index in [9.17, 15) is 24.9 Å². The first-order valence-corrected chi connectivity index (χ1v) is 14.0. The molecule has 1 saturated carbocycles. The third-order valence-electron chi connectivity index (χ3n) is 8.02. The molecule has 5 rings (SSSR count). The Kier molecular flexibility index (Phi) is 8.27. The molecule has 2 fully saturated rings. The number of nitrogens with one attached hydrogen (secondary N) is 2. The molecule has 7 N–H and O–H groups in total. The van der Waals surface area contributed by atoms with Crippen LogP contribution in [0.25, 0.3) is 6.08 Å². The van der Waals surface area contributed by atoms with Gasteiger partial charge in [-0.1, -0.05) is 35.9 Å². The van der Waals surface area contributed by atoms with Crippen molar-refractivity contribution in [1.29, 1.82) is 5.26 Å². The van der Waals surface area contributed by atoms with E-state index in [4.69, 9.17) is 22.6 Å². The van der Waals surface area contributed by atoms with Crippen LogP contribution >= 0.6 is 11.6 Å². The summed E-state index contributed by atoms with van der Waals surface area (Å²) in [6.07, 6.45) is 6.50. The predicted octanol–water partition coefficient (Wildman–Crippen LogP) is 1.87. The summed E-state index contributed by atoms with van der Waals surface area (Å²) in [6, 6.07) is 7.64. The van der Waals surface area contributed by atoms with Crippen molar-refractivity contribution < 1.29 is 24.9 Å². The lowest BCUT2D eigenvalue weighted by Gasteiger charge is -2.32. The fourth-order valence-corrected chi connectivity index (χ4v) is 5.87. The zero-order valence-corrected chi connectivity index (χ0v) is 23.5. The summed E-state index contributed by atoms with van der Waals surface area (Å²) in [6.45, 7) is 2.16. The summed E-state index contributed by atoms with van der Waals surface area (Å²) >= 11 is 6.53. The van der Waals surface area contributed by atoms with Crippen LogP contribution in [0.4, 0.5) is 5.69 Å². The quantitative estimate of drug-likeness (QED) is 0.0909. The Bertz CT molecular complexity index is 1500. The van der Waals surface area contributed by atoms with Gasteiger partial charge in [-0.2, -0.15) is 5.26 Å². The second kappa shape index (κ2) is 11.9. The maximum absolute atomic E-state index is 13.4. The maximum Gasteiger partial charge on any atom is 0.331 e. The number of halogens is 1. The smallest absolute Gasteiger partial charge is 0.331 e. The highest BCUT2D eigenvalue weighted by atomic mass is 35.5. The number of para-hydroxylation sites is 1. The molecule has 2 aromatic carbocycles. The van der Waals surface area contributed by atoms with E-state index >= 15 is 0 Å². The highest BCUT2D eigenvalue weighted by Crippen LogP contribution is 2.41. The number of phenols is 1. The molecule has 13 heteroatoms. The number of aliphatic imine (C=N–C) groups is 1. The molecule has 0 aromatic heterocycles. The van der Waals surface area contributed by atoms with Gasteiger partial charge in [0.2, 0.25) is 5.96 Å². The van der Waals surface area contributed by atoms with Crippen molar-refractivity contribution in [2.45, 2.75) is 50.0 Å². The van der Waals surface area contributed by atoms with Gasteiger partial charge in [-0.3, -0.25) is 15.0 Å². The van der Waals surface area contributed by atoms with E-state index in [1.54, 1.807) is 47.4 Å². The number of nitrogens with two attached hydrogens (primary N) is 1. The van der Waals surface area contributed by atoms with Crippen LogP contribution in [-0.4, -0.2) is 80.4 Å². The second-order valence-electron chi connectivity index (χ2n) is 10.7. The summed E-state index contributed by atoms with van der Waals surface area (Å²) in [7, 11) is 0. The maximum atomic E-state index is 13.4. The number of nitrogens with zero attached hydrogens (tertiary/aromatic N) is 4. The average molecular weight is 594 g/mol. The molecule has 3 aliphatic rings. The molecule has 220 valence electrons. The van der Waals surface area contributed by atoms with Crippen LogP contribution in [-0.2, 0) is 17.8 Å².